The first-order chi connectivity index (χ1) is 18.2. The molecule has 1 fully saturated rings. The van der Waals surface area contributed by atoms with Crippen LogP contribution in [0.5, 0.6) is 0 Å². The van der Waals surface area contributed by atoms with E-state index in [1.54, 1.807) is 6.26 Å². The second-order valence-corrected chi connectivity index (χ2v) is 9.28. The molecule has 2 aromatic carbocycles. The summed E-state index contributed by atoms with van der Waals surface area (Å²) in [4.78, 5) is 13.3. The predicted molar refractivity (Wildman–Crippen MR) is 136 cm³/mol. The number of benzene rings is 2. The number of rotatable bonds is 7. The lowest BCUT2D eigenvalue weighted by molar-refractivity contribution is -0.131. The van der Waals surface area contributed by atoms with Crippen LogP contribution in [-0.4, -0.2) is 43.4 Å². The van der Waals surface area contributed by atoms with Crippen molar-refractivity contribution in [2.75, 3.05) is 11.9 Å². The summed E-state index contributed by atoms with van der Waals surface area (Å²) in [5, 5.41) is 22.5. The molecule has 0 saturated heterocycles. The molecule has 1 aliphatic carbocycles. The molecule has 0 spiro atoms. The molecule has 4 heterocycles. The van der Waals surface area contributed by atoms with E-state index in [0.717, 1.165) is 40.9 Å². The van der Waals surface area contributed by atoms with E-state index in [1.807, 2.05) is 71.4 Å². The van der Waals surface area contributed by atoms with Gasteiger partial charge in [0.15, 0.2) is 11.6 Å². The molecule has 1 N–H and O–H groups in total. The highest BCUT2D eigenvalue weighted by Gasteiger charge is 2.36. The van der Waals surface area contributed by atoms with Crippen LogP contribution in [-0.2, 0) is 4.79 Å². The number of tetrazole rings is 1. The second-order valence-electron chi connectivity index (χ2n) is 9.28. The zero-order valence-corrected chi connectivity index (χ0v) is 19.8. The third-order valence-corrected chi connectivity index (χ3v) is 6.72. The standard InChI is InChI=1S/C27H23N7O3/c35-26(16-28-19-9-7-17(8-10-19)27-29-31-32-33(27)20-11-12-20)34-22(24-6-3-13-36-24)15-21(30-34)25-14-18-4-1-2-5-23(18)37-25/h1-10,13-14,20,22,28H,11-12,15-16H2/t22-/m0/s1. The molecule has 0 bridgehead atoms. The number of furan rings is 2. The molecule has 2 aliphatic rings. The molecule has 10 nitrogen and oxygen atoms in total. The van der Waals surface area contributed by atoms with Gasteiger partial charge in [0.25, 0.3) is 5.91 Å². The van der Waals surface area contributed by atoms with Gasteiger partial charge in [0.2, 0.25) is 0 Å². The molecule has 1 saturated carbocycles. The summed E-state index contributed by atoms with van der Waals surface area (Å²) in [6.45, 7) is 0.0767. The van der Waals surface area contributed by atoms with Gasteiger partial charge in [0, 0.05) is 23.1 Å². The highest BCUT2D eigenvalue weighted by atomic mass is 16.3. The van der Waals surface area contributed by atoms with Crippen LogP contribution in [0.2, 0.25) is 0 Å². The lowest BCUT2D eigenvalue weighted by Crippen LogP contribution is -2.32. The topological polar surface area (TPSA) is 115 Å². The fraction of sp³-hybridized carbons (Fsp3) is 0.222. The molecule has 0 unspecified atom stereocenters. The van der Waals surface area contributed by atoms with Crippen molar-refractivity contribution in [3.63, 3.8) is 0 Å². The SMILES string of the molecule is O=C(CNc1ccc(-c2nnnn2C2CC2)cc1)N1N=C(c2cc3ccccc3o2)C[C@H]1c1ccco1. The van der Waals surface area contributed by atoms with Crippen LogP contribution in [0.15, 0.2) is 86.9 Å². The van der Waals surface area contributed by atoms with Gasteiger partial charge in [-0.2, -0.15) is 5.10 Å². The number of hydrogen-bond acceptors (Lipinski definition) is 8. The van der Waals surface area contributed by atoms with Crippen molar-refractivity contribution in [1.29, 1.82) is 0 Å². The number of para-hydroxylation sites is 1. The minimum atomic E-state index is -0.337. The van der Waals surface area contributed by atoms with Crippen molar-refractivity contribution in [3.05, 3.63) is 84.5 Å². The van der Waals surface area contributed by atoms with Crippen LogP contribution < -0.4 is 5.32 Å². The van der Waals surface area contributed by atoms with Gasteiger partial charge in [-0.25, -0.2) is 9.69 Å². The molecule has 10 heteroatoms. The molecular formula is C27H23N7O3. The Balaban J connectivity index is 1.08. The van der Waals surface area contributed by atoms with Gasteiger partial charge in [0.1, 0.15) is 23.1 Å². The maximum Gasteiger partial charge on any atom is 0.262 e. The molecule has 37 heavy (non-hydrogen) atoms. The molecule has 0 radical (unpaired) electrons. The number of carbonyl (C=O) groups is 1. The minimum Gasteiger partial charge on any atom is -0.467 e. The fourth-order valence-corrected chi connectivity index (χ4v) is 4.66. The number of aromatic nitrogens is 4. The van der Waals surface area contributed by atoms with E-state index in [1.165, 1.54) is 5.01 Å². The number of nitrogens with zero attached hydrogens (tertiary/aromatic N) is 6. The zero-order chi connectivity index (χ0) is 24.8. The summed E-state index contributed by atoms with van der Waals surface area (Å²) in [6, 6.07) is 21.3. The summed E-state index contributed by atoms with van der Waals surface area (Å²) in [5.74, 6) is 1.93. The third kappa shape index (κ3) is 4.06. The van der Waals surface area contributed by atoms with Crippen LogP contribution in [0.1, 0.15) is 42.9 Å². The number of carbonyl (C=O) groups excluding carboxylic acids is 1. The lowest BCUT2D eigenvalue weighted by Gasteiger charge is -2.20. The van der Waals surface area contributed by atoms with Crippen molar-refractivity contribution in [2.24, 2.45) is 5.10 Å². The highest BCUT2D eigenvalue weighted by Crippen LogP contribution is 2.37. The zero-order valence-electron chi connectivity index (χ0n) is 19.8. The van der Waals surface area contributed by atoms with Gasteiger partial charge in [-0.15, -0.1) is 5.10 Å². The lowest BCUT2D eigenvalue weighted by atomic mass is 10.1. The Morgan fingerprint density at radius 2 is 1.92 bits per heavy atom. The Kier molecular flexibility index (Phi) is 5.09. The number of anilines is 1. The maximum absolute atomic E-state index is 13.3. The predicted octanol–water partition coefficient (Wildman–Crippen LogP) is 4.80. The first kappa shape index (κ1) is 21.5. The highest BCUT2D eigenvalue weighted by molar-refractivity contribution is 6.03. The van der Waals surface area contributed by atoms with E-state index in [9.17, 15) is 4.79 Å². The quantitative estimate of drug-likeness (QED) is 0.346. The number of fused-ring (bicyclic) bond motifs is 1. The third-order valence-electron chi connectivity index (χ3n) is 6.72. The smallest absolute Gasteiger partial charge is 0.262 e. The van der Waals surface area contributed by atoms with Crippen molar-refractivity contribution in [1.82, 2.24) is 25.2 Å². The molecule has 1 atom stereocenters. The minimum absolute atomic E-state index is 0.0767. The normalized spacial score (nSPS) is 17.4. The van der Waals surface area contributed by atoms with Gasteiger partial charge in [-0.3, -0.25) is 4.79 Å². The Labute approximate surface area is 211 Å². The average molecular weight is 494 g/mol. The first-order valence-corrected chi connectivity index (χ1v) is 12.3. The van der Waals surface area contributed by atoms with E-state index in [2.05, 4.69) is 25.9 Å². The van der Waals surface area contributed by atoms with E-state index in [-0.39, 0.29) is 18.5 Å². The Bertz CT molecular complexity index is 1560. The summed E-state index contributed by atoms with van der Waals surface area (Å²) < 4.78 is 13.5. The number of amides is 1. The fourth-order valence-electron chi connectivity index (χ4n) is 4.66. The summed E-state index contributed by atoms with van der Waals surface area (Å²) in [7, 11) is 0. The van der Waals surface area contributed by atoms with E-state index in [4.69, 9.17) is 8.83 Å². The van der Waals surface area contributed by atoms with Gasteiger partial charge >= 0.3 is 0 Å². The number of hydrazone groups is 1. The van der Waals surface area contributed by atoms with Crippen molar-refractivity contribution in [3.8, 4) is 11.4 Å². The van der Waals surface area contributed by atoms with Crippen LogP contribution in [0.4, 0.5) is 5.69 Å². The van der Waals surface area contributed by atoms with Gasteiger partial charge in [-0.05, 0) is 71.8 Å². The van der Waals surface area contributed by atoms with E-state index < -0.39 is 0 Å². The van der Waals surface area contributed by atoms with E-state index >= 15 is 0 Å². The van der Waals surface area contributed by atoms with Crippen LogP contribution >= 0.6 is 0 Å². The Morgan fingerprint density at radius 1 is 1.05 bits per heavy atom. The number of nitrogens with one attached hydrogen (secondary N) is 1. The van der Waals surface area contributed by atoms with Crippen LogP contribution in [0.3, 0.4) is 0 Å². The van der Waals surface area contributed by atoms with Gasteiger partial charge < -0.3 is 14.2 Å². The van der Waals surface area contributed by atoms with Crippen LogP contribution in [0, 0.1) is 0 Å². The molecule has 5 aromatic rings. The molecular weight excluding hydrogens is 470 g/mol. The summed E-state index contributed by atoms with van der Waals surface area (Å²) in [6.07, 6.45) is 4.33. The van der Waals surface area contributed by atoms with Gasteiger partial charge in [-0.1, -0.05) is 18.2 Å². The van der Waals surface area contributed by atoms with Gasteiger partial charge in [0.05, 0.1) is 18.8 Å². The van der Waals surface area contributed by atoms with Crippen LogP contribution in [0.25, 0.3) is 22.4 Å². The van der Waals surface area contributed by atoms with Crippen molar-refractivity contribution >= 4 is 28.3 Å². The van der Waals surface area contributed by atoms with E-state index in [0.29, 0.717) is 29.7 Å². The molecule has 7 rings (SSSR count). The molecule has 1 aliphatic heterocycles. The Morgan fingerprint density at radius 3 is 2.70 bits per heavy atom. The molecule has 3 aromatic heterocycles. The molecule has 184 valence electrons. The average Bonchev–Trinajstić information content (AvgIpc) is 3.40. The monoisotopic (exact) mass is 493 g/mol. The largest absolute Gasteiger partial charge is 0.467 e. The maximum atomic E-state index is 13.3. The first-order valence-electron chi connectivity index (χ1n) is 12.3. The summed E-state index contributed by atoms with van der Waals surface area (Å²) in [5.41, 5.74) is 3.25. The van der Waals surface area contributed by atoms with Crippen molar-refractivity contribution in [2.45, 2.75) is 31.3 Å². The second kappa shape index (κ2) is 8.74. The summed E-state index contributed by atoms with van der Waals surface area (Å²) >= 11 is 0. The van der Waals surface area contributed by atoms with Crippen molar-refractivity contribution < 1.29 is 13.6 Å². The molecule has 1 amide bonds. The number of hydrogen-bond donors (Lipinski definition) is 1. The Hall–Kier alpha value is -4.73.